The van der Waals surface area contributed by atoms with Crippen LogP contribution in [0.1, 0.15) is 12.5 Å². The molecule has 68 valence electrons. The van der Waals surface area contributed by atoms with Crippen LogP contribution in [-0.4, -0.2) is 4.92 Å². The molecule has 4 heteroatoms. The predicted molar refractivity (Wildman–Crippen MR) is 55.5 cm³/mol. The van der Waals surface area contributed by atoms with Crippen LogP contribution in [0.25, 0.3) is 6.08 Å². The Bertz CT molecular complexity index is 361. The fraction of sp³-hybridized carbons (Fsp3) is 0.111. The Balaban J connectivity index is 3.18. The van der Waals surface area contributed by atoms with E-state index in [0.29, 0.717) is 4.47 Å². The minimum absolute atomic E-state index is 0.0931. The molecule has 0 saturated carbocycles. The quantitative estimate of drug-likeness (QED) is 0.589. The SMILES string of the molecule is CC=Cc1ccc(Br)c([N+](=O)[O-])c1. The van der Waals surface area contributed by atoms with Gasteiger partial charge in [-0.15, -0.1) is 0 Å². The van der Waals surface area contributed by atoms with E-state index in [1.54, 1.807) is 6.07 Å². The molecule has 0 fully saturated rings. The minimum Gasteiger partial charge on any atom is -0.258 e. The van der Waals surface area contributed by atoms with Crippen LogP contribution in [0.15, 0.2) is 28.7 Å². The lowest BCUT2D eigenvalue weighted by Gasteiger charge is -1.96. The molecule has 0 saturated heterocycles. The van der Waals surface area contributed by atoms with Crippen LogP contribution in [0.2, 0.25) is 0 Å². The predicted octanol–water partition coefficient (Wildman–Crippen LogP) is 3.39. The van der Waals surface area contributed by atoms with Gasteiger partial charge in [-0.2, -0.15) is 0 Å². The Kier molecular flexibility index (Phi) is 3.19. The van der Waals surface area contributed by atoms with Crippen molar-refractivity contribution in [1.29, 1.82) is 0 Å². The average molecular weight is 242 g/mol. The first-order chi connectivity index (χ1) is 6.15. The van der Waals surface area contributed by atoms with Crippen molar-refractivity contribution in [1.82, 2.24) is 0 Å². The summed E-state index contributed by atoms with van der Waals surface area (Å²) in [5.74, 6) is 0. The summed E-state index contributed by atoms with van der Waals surface area (Å²) in [6, 6.07) is 5.02. The summed E-state index contributed by atoms with van der Waals surface area (Å²) < 4.78 is 0.505. The standard InChI is InChI=1S/C9H8BrNO2/c1-2-3-7-4-5-8(10)9(6-7)11(12)13/h2-6H,1H3. The Morgan fingerprint density at radius 2 is 2.23 bits per heavy atom. The van der Waals surface area contributed by atoms with E-state index in [4.69, 9.17) is 0 Å². The third-order valence-electron chi connectivity index (χ3n) is 1.53. The molecule has 0 radical (unpaired) electrons. The molecule has 0 N–H and O–H groups in total. The lowest BCUT2D eigenvalue weighted by Crippen LogP contribution is -1.89. The minimum atomic E-state index is -0.406. The highest BCUT2D eigenvalue weighted by Gasteiger charge is 2.10. The number of nitrogens with zero attached hydrogens (tertiary/aromatic N) is 1. The van der Waals surface area contributed by atoms with Crippen molar-refractivity contribution < 1.29 is 4.92 Å². The zero-order valence-corrected chi connectivity index (χ0v) is 8.61. The van der Waals surface area contributed by atoms with E-state index in [2.05, 4.69) is 15.9 Å². The van der Waals surface area contributed by atoms with Crippen molar-refractivity contribution in [3.05, 3.63) is 44.4 Å². The van der Waals surface area contributed by atoms with Crippen molar-refractivity contribution in [2.45, 2.75) is 6.92 Å². The van der Waals surface area contributed by atoms with Crippen molar-refractivity contribution in [2.24, 2.45) is 0 Å². The number of allylic oxidation sites excluding steroid dienone is 1. The molecule has 0 spiro atoms. The molecule has 0 aromatic heterocycles. The van der Waals surface area contributed by atoms with Gasteiger partial charge in [-0.3, -0.25) is 10.1 Å². The Morgan fingerprint density at radius 3 is 2.77 bits per heavy atom. The van der Waals surface area contributed by atoms with E-state index in [9.17, 15) is 10.1 Å². The van der Waals surface area contributed by atoms with Gasteiger partial charge in [0.2, 0.25) is 0 Å². The highest BCUT2D eigenvalue weighted by molar-refractivity contribution is 9.10. The summed E-state index contributed by atoms with van der Waals surface area (Å²) in [4.78, 5) is 10.1. The van der Waals surface area contributed by atoms with Crippen molar-refractivity contribution in [3.63, 3.8) is 0 Å². The van der Waals surface area contributed by atoms with Crippen molar-refractivity contribution in [2.75, 3.05) is 0 Å². The lowest BCUT2D eigenvalue weighted by molar-refractivity contribution is -0.385. The third-order valence-corrected chi connectivity index (χ3v) is 2.20. The molecule has 0 unspecified atom stereocenters. The Morgan fingerprint density at radius 1 is 1.54 bits per heavy atom. The van der Waals surface area contributed by atoms with Crippen LogP contribution in [0.4, 0.5) is 5.69 Å². The molecule has 13 heavy (non-hydrogen) atoms. The molecule has 0 aliphatic rings. The van der Waals surface area contributed by atoms with Crippen LogP contribution in [0.3, 0.4) is 0 Å². The van der Waals surface area contributed by atoms with Crippen LogP contribution in [0, 0.1) is 10.1 Å². The Hall–Kier alpha value is -1.16. The molecule has 0 atom stereocenters. The molecule has 0 aliphatic heterocycles. The molecular formula is C9H8BrNO2. The maximum atomic E-state index is 10.5. The summed E-state index contributed by atoms with van der Waals surface area (Å²) in [5.41, 5.74) is 0.924. The van der Waals surface area contributed by atoms with Gasteiger partial charge in [0.05, 0.1) is 9.40 Å². The van der Waals surface area contributed by atoms with E-state index in [1.807, 2.05) is 25.1 Å². The fourth-order valence-electron chi connectivity index (χ4n) is 0.966. The molecule has 0 amide bonds. The third kappa shape index (κ3) is 2.39. The van der Waals surface area contributed by atoms with Gasteiger partial charge in [-0.25, -0.2) is 0 Å². The van der Waals surface area contributed by atoms with Crippen molar-refractivity contribution >= 4 is 27.7 Å². The second kappa shape index (κ2) is 4.18. The van der Waals surface area contributed by atoms with Gasteiger partial charge in [0.1, 0.15) is 0 Å². The number of nitro benzene ring substituents is 1. The van der Waals surface area contributed by atoms with Gasteiger partial charge in [0.25, 0.3) is 5.69 Å². The lowest BCUT2D eigenvalue weighted by atomic mass is 10.2. The summed E-state index contributed by atoms with van der Waals surface area (Å²) >= 11 is 3.12. The van der Waals surface area contributed by atoms with Gasteiger partial charge in [0, 0.05) is 6.07 Å². The second-order valence-electron chi connectivity index (χ2n) is 2.47. The molecule has 0 bridgehead atoms. The van der Waals surface area contributed by atoms with Gasteiger partial charge in [-0.05, 0) is 34.5 Å². The number of halogens is 1. The number of hydrogen-bond acceptors (Lipinski definition) is 2. The topological polar surface area (TPSA) is 43.1 Å². The summed E-state index contributed by atoms with van der Waals surface area (Å²) in [6.45, 7) is 1.87. The maximum Gasteiger partial charge on any atom is 0.284 e. The zero-order chi connectivity index (χ0) is 9.84. The number of nitro groups is 1. The maximum absolute atomic E-state index is 10.5. The van der Waals surface area contributed by atoms with Crippen molar-refractivity contribution in [3.8, 4) is 0 Å². The molecule has 1 rings (SSSR count). The van der Waals surface area contributed by atoms with Gasteiger partial charge in [-0.1, -0.05) is 18.2 Å². The van der Waals surface area contributed by atoms with Crippen LogP contribution < -0.4 is 0 Å². The van der Waals surface area contributed by atoms with E-state index in [-0.39, 0.29) is 5.69 Å². The highest BCUT2D eigenvalue weighted by Crippen LogP contribution is 2.25. The fourth-order valence-corrected chi connectivity index (χ4v) is 1.36. The molecular weight excluding hydrogens is 234 g/mol. The summed E-state index contributed by atoms with van der Waals surface area (Å²) in [7, 11) is 0. The normalized spacial score (nSPS) is 10.6. The van der Waals surface area contributed by atoms with Gasteiger partial charge >= 0.3 is 0 Å². The van der Waals surface area contributed by atoms with Crippen LogP contribution in [-0.2, 0) is 0 Å². The highest BCUT2D eigenvalue weighted by atomic mass is 79.9. The first kappa shape index (κ1) is 9.92. The monoisotopic (exact) mass is 241 g/mol. The van der Waals surface area contributed by atoms with Gasteiger partial charge < -0.3 is 0 Å². The zero-order valence-electron chi connectivity index (χ0n) is 7.03. The molecule has 1 aromatic rings. The number of rotatable bonds is 2. The first-order valence-corrected chi connectivity index (χ1v) is 4.51. The Labute approximate surface area is 84.4 Å². The van der Waals surface area contributed by atoms with E-state index in [0.717, 1.165) is 5.56 Å². The van der Waals surface area contributed by atoms with E-state index < -0.39 is 4.92 Å². The molecule has 1 aromatic carbocycles. The summed E-state index contributed by atoms with van der Waals surface area (Å²) in [6.07, 6.45) is 3.66. The number of benzene rings is 1. The average Bonchev–Trinajstić information content (AvgIpc) is 2.08. The second-order valence-corrected chi connectivity index (χ2v) is 3.32. The first-order valence-electron chi connectivity index (χ1n) is 3.72. The van der Waals surface area contributed by atoms with Crippen LogP contribution in [0.5, 0.6) is 0 Å². The largest absolute Gasteiger partial charge is 0.284 e. The van der Waals surface area contributed by atoms with Crippen LogP contribution >= 0.6 is 15.9 Å². The molecule has 3 nitrogen and oxygen atoms in total. The van der Waals surface area contributed by atoms with Gasteiger partial charge in [0.15, 0.2) is 0 Å². The van der Waals surface area contributed by atoms with E-state index in [1.165, 1.54) is 6.07 Å². The van der Waals surface area contributed by atoms with E-state index >= 15 is 0 Å². The smallest absolute Gasteiger partial charge is 0.258 e. The number of hydrogen-bond donors (Lipinski definition) is 0. The molecule has 0 aliphatic carbocycles. The summed E-state index contributed by atoms with van der Waals surface area (Å²) in [5, 5.41) is 10.5. The molecule has 0 heterocycles.